The molecule has 0 aromatic heterocycles. The van der Waals surface area contributed by atoms with Crippen molar-refractivity contribution in [3.8, 4) is 0 Å². The normalized spacial score (nSPS) is 41.6. The number of hydroxylamine groups is 2. The van der Waals surface area contributed by atoms with Gasteiger partial charge < -0.3 is 9.74 Å². The Balaban J connectivity index is 1.34. The third-order valence-corrected chi connectivity index (χ3v) is 5.65. The molecule has 4 nitrogen and oxygen atoms in total. The molecule has 2 saturated heterocycles. The molecule has 2 saturated carbocycles. The fourth-order valence-corrected chi connectivity index (χ4v) is 4.76. The highest BCUT2D eigenvalue weighted by Gasteiger charge is 2.38. The molecule has 0 radical (unpaired) electrons. The van der Waals surface area contributed by atoms with Gasteiger partial charge in [-0.1, -0.05) is 0 Å². The molecule has 0 aromatic carbocycles. The average molecular weight is 264 g/mol. The Bertz CT molecular complexity index is 349. The Morgan fingerprint density at radius 1 is 0.789 bits per heavy atom. The average Bonchev–Trinajstić information content (AvgIpc) is 2.91. The number of hydrogen-bond acceptors (Lipinski definition) is 3. The van der Waals surface area contributed by atoms with Crippen molar-refractivity contribution in [2.75, 3.05) is 26.2 Å². The molecule has 106 valence electrons. The molecule has 19 heavy (non-hydrogen) atoms. The van der Waals surface area contributed by atoms with E-state index < -0.39 is 0 Å². The zero-order chi connectivity index (χ0) is 12.8. The molecule has 2 aliphatic heterocycles. The lowest BCUT2D eigenvalue weighted by Crippen LogP contribution is -2.46. The van der Waals surface area contributed by atoms with E-state index in [0.29, 0.717) is 0 Å². The number of rotatable bonds is 1. The summed E-state index contributed by atoms with van der Waals surface area (Å²) in [4.78, 5) is 19.9. The first-order chi connectivity index (χ1) is 9.26. The molecule has 0 aromatic rings. The SMILES string of the molecule is O=C(ON1CC2CCC(C2)C1)N1CC2CCC(C2)C1. The molecule has 4 atom stereocenters. The van der Waals surface area contributed by atoms with Crippen LogP contribution in [-0.2, 0) is 4.84 Å². The molecule has 0 N–H and O–H groups in total. The summed E-state index contributed by atoms with van der Waals surface area (Å²) in [5.41, 5.74) is 0. The molecule has 4 bridgehead atoms. The Morgan fingerprint density at radius 2 is 1.26 bits per heavy atom. The molecule has 4 rings (SSSR count). The van der Waals surface area contributed by atoms with E-state index in [2.05, 4.69) is 0 Å². The van der Waals surface area contributed by atoms with Crippen molar-refractivity contribution in [1.29, 1.82) is 0 Å². The van der Waals surface area contributed by atoms with E-state index in [1.165, 1.54) is 38.5 Å². The number of nitrogens with zero attached hydrogens (tertiary/aromatic N) is 2. The molecule has 4 unspecified atom stereocenters. The van der Waals surface area contributed by atoms with Crippen LogP contribution < -0.4 is 0 Å². The lowest BCUT2D eigenvalue weighted by atomic mass is 9.99. The van der Waals surface area contributed by atoms with Crippen molar-refractivity contribution in [2.45, 2.75) is 38.5 Å². The van der Waals surface area contributed by atoms with E-state index in [-0.39, 0.29) is 6.09 Å². The number of hydrogen-bond donors (Lipinski definition) is 0. The van der Waals surface area contributed by atoms with E-state index in [4.69, 9.17) is 4.84 Å². The molecule has 2 heterocycles. The van der Waals surface area contributed by atoms with E-state index >= 15 is 0 Å². The Morgan fingerprint density at radius 3 is 1.79 bits per heavy atom. The summed E-state index contributed by atoms with van der Waals surface area (Å²) in [6.45, 7) is 3.78. The second-order valence-corrected chi connectivity index (χ2v) is 7.20. The second kappa shape index (κ2) is 4.65. The van der Waals surface area contributed by atoms with Gasteiger partial charge in [-0.25, -0.2) is 4.79 Å². The lowest BCUT2D eigenvalue weighted by Gasteiger charge is -2.35. The molecular formula is C15H24N2O2. The number of likely N-dealkylation sites (tertiary alicyclic amines) is 1. The summed E-state index contributed by atoms with van der Waals surface area (Å²) in [5, 5.41) is 1.95. The van der Waals surface area contributed by atoms with E-state index in [0.717, 1.165) is 49.9 Å². The molecule has 1 amide bonds. The van der Waals surface area contributed by atoms with Crippen LogP contribution in [0.1, 0.15) is 38.5 Å². The van der Waals surface area contributed by atoms with Crippen LogP contribution in [0.25, 0.3) is 0 Å². The van der Waals surface area contributed by atoms with Gasteiger partial charge in [0.25, 0.3) is 0 Å². The monoisotopic (exact) mass is 264 g/mol. The van der Waals surface area contributed by atoms with Gasteiger partial charge in [0.2, 0.25) is 0 Å². The Hall–Kier alpha value is -0.770. The van der Waals surface area contributed by atoms with Crippen LogP contribution in [0.4, 0.5) is 4.79 Å². The van der Waals surface area contributed by atoms with Crippen molar-refractivity contribution in [1.82, 2.24) is 9.96 Å². The summed E-state index contributed by atoms with van der Waals surface area (Å²) in [6, 6.07) is 0. The molecule has 2 aliphatic carbocycles. The van der Waals surface area contributed by atoms with Gasteiger partial charge in [-0.3, -0.25) is 0 Å². The summed E-state index contributed by atoms with van der Waals surface area (Å²) in [6.07, 6.45) is 7.86. The van der Waals surface area contributed by atoms with Crippen LogP contribution >= 0.6 is 0 Å². The zero-order valence-corrected chi connectivity index (χ0v) is 11.6. The molecule has 4 aliphatic rings. The van der Waals surface area contributed by atoms with Crippen LogP contribution in [0.15, 0.2) is 0 Å². The molecule has 4 fully saturated rings. The highest BCUT2D eigenvalue weighted by molar-refractivity contribution is 5.67. The minimum Gasteiger partial charge on any atom is -0.351 e. The Kier molecular flexibility index (Phi) is 2.94. The fraction of sp³-hybridized carbons (Fsp3) is 0.933. The summed E-state index contributed by atoms with van der Waals surface area (Å²) >= 11 is 0. The standard InChI is InChI=1S/C15H24N2O2/c18-15(16-7-11-1-2-12(5-11)8-16)19-17-9-13-3-4-14(6-13)10-17/h11-14H,1-10H2. The van der Waals surface area contributed by atoms with Crippen molar-refractivity contribution in [3.05, 3.63) is 0 Å². The smallest absolute Gasteiger partial charge is 0.351 e. The maximum Gasteiger partial charge on any atom is 0.428 e. The molecule has 0 spiro atoms. The summed E-state index contributed by atoms with van der Waals surface area (Å²) < 4.78 is 0. The third-order valence-electron chi connectivity index (χ3n) is 5.65. The highest BCUT2D eigenvalue weighted by atomic mass is 16.7. The van der Waals surface area contributed by atoms with Gasteiger partial charge in [0.1, 0.15) is 0 Å². The van der Waals surface area contributed by atoms with Gasteiger partial charge in [-0.2, -0.15) is 0 Å². The van der Waals surface area contributed by atoms with Crippen LogP contribution in [0, 0.1) is 23.7 Å². The minimum atomic E-state index is -0.0853. The Labute approximate surface area is 115 Å². The quantitative estimate of drug-likeness (QED) is 0.729. The van der Waals surface area contributed by atoms with Crippen molar-refractivity contribution in [3.63, 3.8) is 0 Å². The summed E-state index contributed by atoms with van der Waals surface area (Å²) in [7, 11) is 0. The summed E-state index contributed by atoms with van der Waals surface area (Å²) in [5.74, 6) is 3.01. The largest absolute Gasteiger partial charge is 0.428 e. The van der Waals surface area contributed by atoms with Gasteiger partial charge >= 0.3 is 6.09 Å². The molecule has 4 heteroatoms. The van der Waals surface area contributed by atoms with E-state index in [9.17, 15) is 4.79 Å². The van der Waals surface area contributed by atoms with Crippen molar-refractivity contribution >= 4 is 6.09 Å². The van der Waals surface area contributed by atoms with Crippen LogP contribution in [0.5, 0.6) is 0 Å². The first-order valence-corrected chi connectivity index (χ1v) is 7.98. The van der Waals surface area contributed by atoms with Gasteiger partial charge in [0.05, 0.1) is 0 Å². The first kappa shape index (κ1) is 12.0. The predicted molar refractivity (Wildman–Crippen MR) is 71.3 cm³/mol. The number of fused-ring (bicyclic) bond motifs is 4. The lowest BCUT2D eigenvalue weighted by molar-refractivity contribution is -0.138. The predicted octanol–water partition coefficient (Wildman–Crippen LogP) is 2.50. The maximum atomic E-state index is 12.3. The van der Waals surface area contributed by atoms with Crippen LogP contribution in [-0.4, -0.2) is 42.2 Å². The van der Waals surface area contributed by atoms with Crippen LogP contribution in [0.3, 0.4) is 0 Å². The number of carbonyl (C=O) groups excluding carboxylic acids is 1. The number of carbonyl (C=O) groups is 1. The highest BCUT2D eigenvalue weighted by Crippen LogP contribution is 2.38. The topological polar surface area (TPSA) is 32.8 Å². The van der Waals surface area contributed by atoms with Crippen LogP contribution in [0.2, 0.25) is 0 Å². The van der Waals surface area contributed by atoms with E-state index in [1.807, 2.05) is 9.96 Å². The van der Waals surface area contributed by atoms with Crippen molar-refractivity contribution in [2.24, 2.45) is 23.7 Å². The van der Waals surface area contributed by atoms with Gasteiger partial charge in [0.15, 0.2) is 0 Å². The molecular weight excluding hydrogens is 240 g/mol. The first-order valence-electron chi connectivity index (χ1n) is 7.98. The third kappa shape index (κ3) is 2.35. The minimum absolute atomic E-state index is 0.0853. The van der Waals surface area contributed by atoms with Crippen molar-refractivity contribution < 1.29 is 9.63 Å². The van der Waals surface area contributed by atoms with Gasteiger partial charge in [0, 0.05) is 26.2 Å². The van der Waals surface area contributed by atoms with E-state index in [1.54, 1.807) is 0 Å². The number of amides is 1. The van der Waals surface area contributed by atoms with Gasteiger partial charge in [-0.15, -0.1) is 5.06 Å². The zero-order valence-electron chi connectivity index (χ0n) is 11.6. The number of piperidine rings is 2. The second-order valence-electron chi connectivity index (χ2n) is 7.20. The van der Waals surface area contributed by atoms with Gasteiger partial charge in [-0.05, 0) is 62.2 Å². The maximum absolute atomic E-state index is 12.3. The fourth-order valence-electron chi connectivity index (χ4n) is 4.76.